The number of benzene rings is 1. The summed E-state index contributed by atoms with van der Waals surface area (Å²) in [6.07, 6.45) is 2.43. The minimum absolute atomic E-state index is 0.128. The smallest absolute Gasteiger partial charge is 0.311 e. The van der Waals surface area contributed by atoms with E-state index in [0.29, 0.717) is 53.3 Å². The molecule has 0 spiro atoms. The molecular formula is C22H22N4O6S. The van der Waals surface area contributed by atoms with E-state index in [1.54, 1.807) is 18.2 Å². The summed E-state index contributed by atoms with van der Waals surface area (Å²) in [6, 6.07) is 5.12. The molecule has 1 aromatic carbocycles. The van der Waals surface area contributed by atoms with Crippen LogP contribution in [0.3, 0.4) is 0 Å². The predicted molar refractivity (Wildman–Crippen MR) is 122 cm³/mol. The summed E-state index contributed by atoms with van der Waals surface area (Å²) < 4.78 is 5.46. The van der Waals surface area contributed by atoms with Crippen molar-refractivity contribution >= 4 is 45.5 Å². The van der Waals surface area contributed by atoms with Gasteiger partial charge in [0, 0.05) is 11.4 Å². The molecule has 2 aromatic heterocycles. The Morgan fingerprint density at radius 2 is 2.21 bits per heavy atom. The van der Waals surface area contributed by atoms with E-state index in [9.17, 15) is 24.3 Å². The van der Waals surface area contributed by atoms with Gasteiger partial charge in [-0.15, -0.1) is 11.3 Å². The molecule has 1 aliphatic rings. The molecule has 11 heteroatoms. The monoisotopic (exact) mass is 470 g/mol. The summed E-state index contributed by atoms with van der Waals surface area (Å²) in [5, 5.41) is 15.1. The van der Waals surface area contributed by atoms with Gasteiger partial charge in [-0.1, -0.05) is 6.07 Å². The van der Waals surface area contributed by atoms with Gasteiger partial charge in [0.2, 0.25) is 12.2 Å². The lowest BCUT2D eigenvalue weighted by Crippen LogP contribution is -2.28. The Hall–Kier alpha value is -3.73. The van der Waals surface area contributed by atoms with E-state index < -0.39 is 23.4 Å². The highest BCUT2D eigenvalue weighted by Gasteiger charge is 2.32. The summed E-state index contributed by atoms with van der Waals surface area (Å²) in [7, 11) is 0. The minimum Gasteiger partial charge on any atom is -0.492 e. The first-order valence-electron chi connectivity index (χ1n) is 10.5. The lowest BCUT2D eigenvalue weighted by atomic mass is 9.86. The molecule has 172 valence electrons. The number of nitrogens with one attached hydrogen (secondary N) is 3. The van der Waals surface area contributed by atoms with Crippen LogP contribution in [0.1, 0.15) is 52.3 Å². The maximum absolute atomic E-state index is 12.8. The third kappa shape index (κ3) is 4.44. The van der Waals surface area contributed by atoms with Crippen molar-refractivity contribution in [1.82, 2.24) is 15.3 Å². The van der Waals surface area contributed by atoms with Crippen molar-refractivity contribution in [3.63, 3.8) is 0 Å². The van der Waals surface area contributed by atoms with Crippen LogP contribution >= 0.6 is 11.3 Å². The SMILES string of the molecule is CCOc1ccc(CNC(=O)c2nc3sc4c(c3c(=O)[nH]2)C(C(=O)O)CCC4)cc1NC=O. The zero-order valence-electron chi connectivity index (χ0n) is 17.8. The van der Waals surface area contributed by atoms with E-state index in [2.05, 4.69) is 20.6 Å². The molecule has 10 nitrogen and oxygen atoms in total. The molecule has 0 aliphatic heterocycles. The second kappa shape index (κ2) is 9.41. The third-order valence-electron chi connectivity index (χ3n) is 5.45. The zero-order valence-corrected chi connectivity index (χ0v) is 18.6. The first-order chi connectivity index (χ1) is 15.9. The van der Waals surface area contributed by atoms with E-state index in [0.717, 1.165) is 11.3 Å². The number of thiophene rings is 1. The fourth-order valence-corrected chi connectivity index (χ4v) is 5.28. The minimum atomic E-state index is -0.962. The molecule has 0 saturated carbocycles. The normalized spacial score (nSPS) is 15.0. The maximum atomic E-state index is 12.8. The second-order valence-electron chi connectivity index (χ2n) is 7.53. The molecule has 1 aliphatic carbocycles. The van der Waals surface area contributed by atoms with Gasteiger partial charge in [-0.3, -0.25) is 19.2 Å². The number of aryl methyl sites for hydroxylation is 1. The molecule has 33 heavy (non-hydrogen) atoms. The molecule has 4 N–H and O–H groups in total. The Labute approximate surface area is 192 Å². The lowest BCUT2D eigenvalue weighted by Gasteiger charge is -2.18. The Balaban J connectivity index is 1.57. The summed E-state index contributed by atoms with van der Waals surface area (Å²) in [5.41, 5.74) is 1.19. The molecule has 0 fully saturated rings. The van der Waals surface area contributed by atoms with Crippen LogP contribution in [0.2, 0.25) is 0 Å². The number of H-pyrrole nitrogens is 1. The van der Waals surface area contributed by atoms with Crippen molar-refractivity contribution in [3.05, 3.63) is 50.4 Å². The van der Waals surface area contributed by atoms with Gasteiger partial charge in [0.05, 0.1) is 23.6 Å². The number of aromatic nitrogens is 2. The zero-order chi connectivity index (χ0) is 23.5. The van der Waals surface area contributed by atoms with Crippen molar-refractivity contribution in [1.29, 1.82) is 0 Å². The molecular weight excluding hydrogens is 448 g/mol. The average molecular weight is 471 g/mol. The van der Waals surface area contributed by atoms with Crippen LogP contribution in [0, 0.1) is 0 Å². The number of amides is 2. The Kier molecular flexibility index (Phi) is 6.40. The predicted octanol–water partition coefficient (Wildman–Crippen LogP) is 2.39. The number of aromatic amines is 1. The second-order valence-corrected chi connectivity index (χ2v) is 8.61. The maximum Gasteiger partial charge on any atom is 0.311 e. The average Bonchev–Trinajstić information content (AvgIpc) is 3.18. The molecule has 0 saturated heterocycles. The topological polar surface area (TPSA) is 150 Å². The largest absolute Gasteiger partial charge is 0.492 e. The van der Waals surface area contributed by atoms with Gasteiger partial charge in [0.1, 0.15) is 10.6 Å². The van der Waals surface area contributed by atoms with E-state index >= 15 is 0 Å². The van der Waals surface area contributed by atoms with Crippen molar-refractivity contribution in [3.8, 4) is 5.75 Å². The highest BCUT2D eigenvalue weighted by Crippen LogP contribution is 2.40. The summed E-state index contributed by atoms with van der Waals surface area (Å²) in [5.74, 6) is -1.91. The standard InChI is InChI=1S/C22H22N4O6S/c1-2-32-14-7-6-11(8-13(14)24-10-27)9-23-20(29)18-25-19(28)17-16-12(22(30)31)4-3-5-15(16)33-21(17)26-18/h6-8,10,12H,2-5,9H2,1H3,(H,23,29)(H,24,27)(H,30,31)(H,25,26,28). The number of nitrogens with zero attached hydrogens (tertiary/aromatic N) is 1. The van der Waals surface area contributed by atoms with Gasteiger partial charge < -0.3 is 25.5 Å². The van der Waals surface area contributed by atoms with Gasteiger partial charge in [-0.05, 0) is 49.4 Å². The lowest BCUT2D eigenvalue weighted by molar-refractivity contribution is -0.139. The quantitative estimate of drug-likeness (QED) is 0.369. The molecule has 1 atom stereocenters. The van der Waals surface area contributed by atoms with Gasteiger partial charge in [0.25, 0.3) is 11.5 Å². The van der Waals surface area contributed by atoms with Gasteiger partial charge in [-0.25, -0.2) is 4.98 Å². The number of fused-ring (bicyclic) bond motifs is 3. The van der Waals surface area contributed by atoms with Crippen LogP contribution in [0.25, 0.3) is 10.2 Å². The number of ether oxygens (including phenoxy) is 1. The van der Waals surface area contributed by atoms with Crippen molar-refractivity contribution in [2.75, 3.05) is 11.9 Å². The fourth-order valence-electron chi connectivity index (χ4n) is 4.01. The molecule has 4 rings (SSSR count). The van der Waals surface area contributed by atoms with Crippen LogP contribution in [0.5, 0.6) is 5.75 Å². The molecule has 2 heterocycles. The fraction of sp³-hybridized carbons (Fsp3) is 0.318. The molecule has 0 bridgehead atoms. The number of anilines is 1. The summed E-state index contributed by atoms with van der Waals surface area (Å²) in [4.78, 5) is 56.0. The number of hydrogen-bond acceptors (Lipinski definition) is 7. The van der Waals surface area contributed by atoms with Gasteiger partial charge >= 0.3 is 5.97 Å². The van der Waals surface area contributed by atoms with E-state index in [1.807, 2.05) is 6.92 Å². The Morgan fingerprint density at radius 1 is 1.39 bits per heavy atom. The number of aliphatic carboxylic acids is 1. The third-order valence-corrected chi connectivity index (χ3v) is 6.60. The highest BCUT2D eigenvalue weighted by atomic mass is 32.1. The van der Waals surface area contributed by atoms with Crippen LogP contribution in [0.4, 0.5) is 5.69 Å². The van der Waals surface area contributed by atoms with E-state index in [1.165, 1.54) is 11.3 Å². The van der Waals surface area contributed by atoms with Crippen LogP contribution in [0.15, 0.2) is 23.0 Å². The Morgan fingerprint density at radius 3 is 2.94 bits per heavy atom. The first kappa shape index (κ1) is 22.5. The number of carboxylic acids is 1. The highest BCUT2D eigenvalue weighted by molar-refractivity contribution is 7.18. The van der Waals surface area contributed by atoms with Crippen molar-refractivity contribution in [2.45, 2.75) is 38.6 Å². The first-order valence-corrected chi connectivity index (χ1v) is 11.3. The molecule has 0 radical (unpaired) electrons. The number of carbonyl (C=O) groups is 3. The summed E-state index contributed by atoms with van der Waals surface area (Å²) in [6.45, 7) is 2.39. The molecule has 1 unspecified atom stereocenters. The van der Waals surface area contributed by atoms with Crippen molar-refractivity contribution in [2.24, 2.45) is 0 Å². The van der Waals surface area contributed by atoms with E-state index in [-0.39, 0.29) is 17.8 Å². The van der Waals surface area contributed by atoms with Gasteiger partial charge in [0.15, 0.2) is 0 Å². The van der Waals surface area contributed by atoms with Crippen LogP contribution in [-0.4, -0.2) is 40.0 Å². The Bertz CT molecular complexity index is 1300. The van der Waals surface area contributed by atoms with Gasteiger partial charge in [-0.2, -0.15) is 0 Å². The number of carboxylic acid groups (broad SMARTS) is 1. The van der Waals surface area contributed by atoms with Crippen LogP contribution in [-0.2, 0) is 22.6 Å². The molecule has 2 amide bonds. The number of carbonyl (C=O) groups excluding carboxylic acids is 2. The van der Waals surface area contributed by atoms with Crippen molar-refractivity contribution < 1.29 is 24.2 Å². The number of hydrogen-bond donors (Lipinski definition) is 4. The summed E-state index contributed by atoms with van der Waals surface area (Å²) >= 11 is 1.27. The molecule has 3 aromatic rings. The number of rotatable bonds is 8. The van der Waals surface area contributed by atoms with Crippen LogP contribution < -0.4 is 20.9 Å². The van der Waals surface area contributed by atoms with E-state index in [4.69, 9.17) is 4.74 Å².